The van der Waals surface area contributed by atoms with Crippen LogP contribution in [0.25, 0.3) is 0 Å². The average molecular weight is 315 g/mol. The van der Waals surface area contributed by atoms with Gasteiger partial charge in [-0.15, -0.1) is 0 Å². The van der Waals surface area contributed by atoms with E-state index >= 15 is 0 Å². The van der Waals surface area contributed by atoms with Crippen LogP contribution in [-0.2, 0) is 0 Å². The van der Waals surface area contributed by atoms with E-state index in [4.69, 9.17) is 11.6 Å². The highest BCUT2D eigenvalue weighted by molar-refractivity contribution is 6.33. The molecule has 0 radical (unpaired) electrons. The second kappa shape index (κ2) is 5.76. The molecule has 5 heteroatoms. The number of aromatic nitrogens is 2. The summed E-state index contributed by atoms with van der Waals surface area (Å²) in [4.78, 5) is 13.6. The Kier molecular flexibility index (Phi) is 3.62. The first-order valence-corrected chi connectivity index (χ1v) is 8.25. The lowest BCUT2D eigenvalue weighted by Crippen LogP contribution is -2.47. The van der Waals surface area contributed by atoms with Crippen LogP contribution in [0.1, 0.15) is 24.5 Å². The van der Waals surface area contributed by atoms with Crippen LogP contribution >= 0.6 is 11.6 Å². The standard InChI is InChI=1S/C17H19ClN4/c18-14-3-1-2-4-16(14)21-7-9-22(10-8-21)17-11-15(13-5-6-13)19-12-20-17/h1-4,11-13H,5-10H2. The summed E-state index contributed by atoms with van der Waals surface area (Å²) in [5.74, 6) is 1.74. The predicted octanol–water partition coefficient (Wildman–Crippen LogP) is 3.33. The van der Waals surface area contributed by atoms with E-state index in [1.54, 1.807) is 6.33 Å². The number of halogens is 1. The number of rotatable bonds is 3. The van der Waals surface area contributed by atoms with Crippen LogP contribution in [0.3, 0.4) is 0 Å². The molecule has 4 nitrogen and oxygen atoms in total. The number of hydrogen-bond acceptors (Lipinski definition) is 4. The van der Waals surface area contributed by atoms with E-state index in [1.807, 2.05) is 18.2 Å². The third kappa shape index (κ3) is 2.75. The van der Waals surface area contributed by atoms with Crippen molar-refractivity contribution in [2.24, 2.45) is 0 Å². The lowest BCUT2D eigenvalue weighted by atomic mass is 10.2. The Labute approximate surface area is 135 Å². The molecular formula is C17H19ClN4. The second-order valence-electron chi connectivity index (χ2n) is 6.00. The van der Waals surface area contributed by atoms with Gasteiger partial charge in [-0.05, 0) is 25.0 Å². The first kappa shape index (κ1) is 13.8. The summed E-state index contributed by atoms with van der Waals surface area (Å²) in [5.41, 5.74) is 2.34. The van der Waals surface area contributed by atoms with E-state index in [2.05, 4.69) is 31.9 Å². The van der Waals surface area contributed by atoms with Crippen molar-refractivity contribution >= 4 is 23.1 Å². The molecule has 1 aromatic heterocycles. The van der Waals surface area contributed by atoms with Gasteiger partial charge in [-0.2, -0.15) is 0 Å². The highest BCUT2D eigenvalue weighted by atomic mass is 35.5. The molecule has 1 aromatic carbocycles. The zero-order valence-corrected chi connectivity index (χ0v) is 13.2. The van der Waals surface area contributed by atoms with Crippen molar-refractivity contribution in [3.63, 3.8) is 0 Å². The molecule has 1 saturated heterocycles. The van der Waals surface area contributed by atoms with E-state index in [9.17, 15) is 0 Å². The molecule has 2 heterocycles. The maximum atomic E-state index is 6.30. The Morgan fingerprint density at radius 2 is 1.68 bits per heavy atom. The molecule has 22 heavy (non-hydrogen) atoms. The van der Waals surface area contributed by atoms with Crippen molar-refractivity contribution < 1.29 is 0 Å². The highest BCUT2D eigenvalue weighted by Crippen LogP contribution is 2.39. The minimum atomic E-state index is 0.672. The largest absolute Gasteiger partial charge is 0.367 e. The molecule has 0 N–H and O–H groups in total. The van der Waals surface area contributed by atoms with E-state index < -0.39 is 0 Å². The van der Waals surface area contributed by atoms with Gasteiger partial charge in [0.25, 0.3) is 0 Å². The van der Waals surface area contributed by atoms with E-state index in [0.29, 0.717) is 5.92 Å². The molecule has 2 aromatic rings. The molecule has 1 aliphatic carbocycles. The van der Waals surface area contributed by atoms with E-state index in [0.717, 1.165) is 42.7 Å². The molecule has 2 aliphatic rings. The monoisotopic (exact) mass is 314 g/mol. The maximum Gasteiger partial charge on any atom is 0.132 e. The zero-order chi connectivity index (χ0) is 14.9. The van der Waals surface area contributed by atoms with Crippen LogP contribution in [0.5, 0.6) is 0 Å². The summed E-state index contributed by atoms with van der Waals surface area (Å²) in [6, 6.07) is 10.2. The van der Waals surface area contributed by atoms with Gasteiger partial charge in [-0.25, -0.2) is 9.97 Å². The van der Waals surface area contributed by atoms with Crippen molar-refractivity contribution in [2.45, 2.75) is 18.8 Å². The third-order valence-electron chi connectivity index (χ3n) is 4.47. The molecule has 1 saturated carbocycles. The minimum absolute atomic E-state index is 0.672. The van der Waals surface area contributed by atoms with Crippen LogP contribution in [0.4, 0.5) is 11.5 Å². The van der Waals surface area contributed by atoms with Crippen molar-refractivity contribution in [1.29, 1.82) is 0 Å². The van der Waals surface area contributed by atoms with Gasteiger partial charge in [0.2, 0.25) is 0 Å². The molecule has 114 valence electrons. The molecule has 0 bridgehead atoms. The lowest BCUT2D eigenvalue weighted by molar-refractivity contribution is 0.646. The topological polar surface area (TPSA) is 32.3 Å². The Morgan fingerprint density at radius 3 is 2.41 bits per heavy atom. The molecule has 1 aliphatic heterocycles. The Hall–Kier alpha value is -1.81. The van der Waals surface area contributed by atoms with Crippen molar-refractivity contribution in [3.8, 4) is 0 Å². The fourth-order valence-corrected chi connectivity index (χ4v) is 3.28. The average Bonchev–Trinajstić information content (AvgIpc) is 3.41. The second-order valence-corrected chi connectivity index (χ2v) is 6.41. The summed E-state index contributed by atoms with van der Waals surface area (Å²) in [7, 11) is 0. The molecule has 0 amide bonds. The van der Waals surface area contributed by atoms with Crippen molar-refractivity contribution in [3.05, 3.63) is 47.4 Å². The van der Waals surface area contributed by atoms with Crippen LogP contribution in [0.15, 0.2) is 36.7 Å². The molecular weight excluding hydrogens is 296 g/mol. The quantitative estimate of drug-likeness (QED) is 0.870. The van der Waals surface area contributed by atoms with Gasteiger partial charge in [0.1, 0.15) is 12.1 Å². The van der Waals surface area contributed by atoms with Gasteiger partial charge in [0, 0.05) is 43.9 Å². The summed E-state index contributed by atoms with van der Waals surface area (Å²) in [6.45, 7) is 3.86. The van der Waals surface area contributed by atoms with Gasteiger partial charge in [0.05, 0.1) is 10.7 Å². The zero-order valence-electron chi connectivity index (χ0n) is 12.5. The Balaban J connectivity index is 1.45. The maximum absolute atomic E-state index is 6.30. The van der Waals surface area contributed by atoms with Gasteiger partial charge >= 0.3 is 0 Å². The molecule has 0 unspecified atom stereocenters. The Bertz CT molecular complexity index is 663. The van der Waals surface area contributed by atoms with Crippen LogP contribution < -0.4 is 9.80 Å². The number of piperazine rings is 1. The molecule has 0 spiro atoms. The predicted molar refractivity (Wildman–Crippen MR) is 89.9 cm³/mol. The van der Waals surface area contributed by atoms with E-state index in [-0.39, 0.29) is 0 Å². The number of nitrogens with zero attached hydrogens (tertiary/aromatic N) is 4. The summed E-state index contributed by atoms with van der Waals surface area (Å²) in [5, 5.41) is 0.828. The summed E-state index contributed by atoms with van der Waals surface area (Å²) in [6.07, 6.45) is 4.26. The summed E-state index contributed by atoms with van der Waals surface area (Å²) < 4.78 is 0. The van der Waals surface area contributed by atoms with Gasteiger partial charge in [0.15, 0.2) is 0 Å². The molecule has 0 atom stereocenters. The van der Waals surface area contributed by atoms with Gasteiger partial charge in [-0.3, -0.25) is 0 Å². The van der Waals surface area contributed by atoms with Crippen molar-refractivity contribution in [1.82, 2.24) is 9.97 Å². The number of hydrogen-bond donors (Lipinski definition) is 0. The fourth-order valence-electron chi connectivity index (χ4n) is 3.02. The highest BCUT2D eigenvalue weighted by Gasteiger charge is 2.26. The Morgan fingerprint density at radius 1 is 0.955 bits per heavy atom. The van der Waals surface area contributed by atoms with Crippen molar-refractivity contribution in [2.75, 3.05) is 36.0 Å². The molecule has 4 rings (SSSR count). The fraction of sp³-hybridized carbons (Fsp3) is 0.412. The van der Waals surface area contributed by atoms with Crippen LogP contribution in [0.2, 0.25) is 5.02 Å². The number of para-hydroxylation sites is 1. The lowest BCUT2D eigenvalue weighted by Gasteiger charge is -2.37. The van der Waals surface area contributed by atoms with E-state index in [1.165, 1.54) is 18.5 Å². The minimum Gasteiger partial charge on any atom is -0.367 e. The smallest absolute Gasteiger partial charge is 0.132 e. The SMILES string of the molecule is Clc1ccccc1N1CCN(c2cc(C3CC3)ncn2)CC1. The normalized spacial score (nSPS) is 18.6. The van der Waals surface area contributed by atoms with Gasteiger partial charge in [-0.1, -0.05) is 23.7 Å². The molecule has 2 fully saturated rings. The summed E-state index contributed by atoms with van der Waals surface area (Å²) >= 11 is 6.30. The first-order chi connectivity index (χ1) is 10.8. The third-order valence-corrected chi connectivity index (χ3v) is 4.79. The first-order valence-electron chi connectivity index (χ1n) is 7.87. The van der Waals surface area contributed by atoms with Gasteiger partial charge < -0.3 is 9.80 Å². The van der Waals surface area contributed by atoms with Crippen LogP contribution in [0, 0.1) is 0 Å². The number of benzene rings is 1. The van der Waals surface area contributed by atoms with Crippen LogP contribution in [-0.4, -0.2) is 36.1 Å². The number of anilines is 2.